The summed E-state index contributed by atoms with van der Waals surface area (Å²) in [4.78, 5) is 17.0. The first kappa shape index (κ1) is 21.8. The predicted molar refractivity (Wildman–Crippen MR) is 121 cm³/mol. The fourth-order valence-electron chi connectivity index (χ4n) is 2.83. The summed E-state index contributed by atoms with van der Waals surface area (Å²) in [5, 5.41) is 3.96. The standard InChI is InChI=1S/C20H15Cl2N3O4S2/c1-25(11-13-3-2-10-29-13)31(27,28)14-6-4-12(5-7-14)19(26)24-20-23-17-15(21)8-9-16(22)18(17)30-20/h2-10H,11H2,1H3,(H,23,24,26). The highest BCUT2D eigenvalue weighted by atomic mass is 35.5. The van der Waals surface area contributed by atoms with Gasteiger partial charge in [0.25, 0.3) is 5.91 Å². The van der Waals surface area contributed by atoms with Crippen LogP contribution in [-0.2, 0) is 16.6 Å². The molecule has 11 heteroatoms. The fraction of sp³-hybridized carbons (Fsp3) is 0.100. The molecule has 4 aromatic rings. The minimum absolute atomic E-state index is 0.0663. The predicted octanol–water partition coefficient (Wildman–Crippen LogP) is 5.27. The fourth-order valence-corrected chi connectivity index (χ4v) is 5.39. The largest absolute Gasteiger partial charge is 0.468 e. The number of anilines is 1. The Morgan fingerprint density at radius 3 is 2.48 bits per heavy atom. The van der Waals surface area contributed by atoms with Crippen molar-refractivity contribution in [2.45, 2.75) is 11.4 Å². The van der Waals surface area contributed by atoms with Crippen LogP contribution in [0.15, 0.2) is 64.1 Å². The number of carbonyl (C=O) groups excluding carboxylic acids is 1. The number of aromatic nitrogens is 1. The Kier molecular flexibility index (Phi) is 6.05. The molecular weight excluding hydrogens is 481 g/mol. The van der Waals surface area contributed by atoms with Crippen molar-refractivity contribution in [1.82, 2.24) is 9.29 Å². The quantitative estimate of drug-likeness (QED) is 0.393. The van der Waals surface area contributed by atoms with E-state index in [0.29, 0.717) is 31.2 Å². The molecule has 31 heavy (non-hydrogen) atoms. The zero-order valence-corrected chi connectivity index (χ0v) is 19.1. The highest BCUT2D eigenvalue weighted by Crippen LogP contribution is 2.36. The molecule has 2 heterocycles. The molecule has 0 atom stereocenters. The van der Waals surface area contributed by atoms with Crippen LogP contribution in [-0.4, -0.2) is 30.7 Å². The molecule has 160 valence electrons. The molecule has 1 N–H and O–H groups in total. The molecule has 0 aliphatic rings. The Hall–Kier alpha value is -2.43. The minimum Gasteiger partial charge on any atom is -0.468 e. The van der Waals surface area contributed by atoms with Crippen molar-refractivity contribution < 1.29 is 17.6 Å². The highest BCUT2D eigenvalue weighted by molar-refractivity contribution is 7.89. The van der Waals surface area contributed by atoms with E-state index in [-0.39, 0.29) is 17.0 Å². The molecule has 0 spiro atoms. The Morgan fingerprint density at radius 2 is 1.84 bits per heavy atom. The maximum absolute atomic E-state index is 12.7. The summed E-state index contributed by atoms with van der Waals surface area (Å²) in [6.07, 6.45) is 1.48. The summed E-state index contributed by atoms with van der Waals surface area (Å²) >= 11 is 13.5. The smallest absolute Gasteiger partial charge is 0.257 e. The van der Waals surface area contributed by atoms with Crippen LogP contribution in [0.1, 0.15) is 16.1 Å². The second-order valence-corrected chi connectivity index (χ2v) is 10.4. The number of nitrogens with one attached hydrogen (secondary N) is 1. The molecule has 0 saturated carbocycles. The number of amides is 1. The second kappa shape index (κ2) is 8.60. The average Bonchev–Trinajstić information content (AvgIpc) is 3.41. The van der Waals surface area contributed by atoms with Crippen molar-refractivity contribution in [2.24, 2.45) is 0 Å². The van der Waals surface area contributed by atoms with Gasteiger partial charge in [0.05, 0.1) is 32.4 Å². The van der Waals surface area contributed by atoms with Crippen LogP contribution in [0.25, 0.3) is 10.2 Å². The number of rotatable bonds is 6. The lowest BCUT2D eigenvalue weighted by Gasteiger charge is -2.16. The van der Waals surface area contributed by atoms with Gasteiger partial charge in [-0.2, -0.15) is 4.31 Å². The lowest BCUT2D eigenvalue weighted by Crippen LogP contribution is -2.26. The van der Waals surface area contributed by atoms with Gasteiger partial charge >= 0.3 is 0 Å². The molecule has 4 rings (SSSR count). The third kappa shape index (κ3) is 4.46. The van der Waals surface area contributed by atoms with E-state index in [0.717, 1.165) is 0 Å². The van der Waals surface area contributed by atoms with E-state index in [9.17, 15) is 13.2 Å². The van der Waals surface area contributed by atoms with Crippen LogP contribution in [0.2, 0.25) is 10.0 Å². The maximum atomic E-state index is 12.7. The molecule has 0 radical (unpaired) electrons. The summed E-state index contributed by atoms with van der Waals surface area (Å²) in [6.45, 7) is 0.0975. The van der Waals surface area contributed by atoms with Gasteiger partial charge in [0.2, 0.25) is 10.0 Å². The molecule has 0 fully saturated rings. The van der Waals surface area contributed by atoms with Gasteiger partial charge in [0.1, 0.15) is 11.3 Å². The number of thiazole rings is 1. The zero-order valence-electron chi connectivity index (χ0n) is 16.0. The molecule has 0 aliphatic carbocycles. The summed E-state index contributed by atoms with van der Waals surface area (Å²) in [5.41, 5.74) is 0.791. The van der Waals surface area contributed by atoms with Crippen molar-refractivity contribution in [3.8, 4) is 0 Å². The molecule has 2 aromatic heterocycles. The monoisotopic (exact) mass is 495 g/mol. The van der Waals surface area contributed by atoms with Crippen molar-refractivity contribution in [3.05, 3.63) is 76.2 Å². The van der Waals surface area contributed by atoms with Gasteiger partial charge in [0.15, 0.2) is 5.13 Å². The number of hydrogen-bond donors (Lipinski definition) is 1. The van der Waals surface area contributed by atoms with E-state index in [1.165, 1.54) is 53.2 Å². The van der Waals surface area contributed by atoms with Gasteiger partial charge < -0.3 is 4.42 Å². The van der Waals surface area contributed by atoms with E-state index >= 15 is 0 Å². The topological polar surface area (TPSA) is 92.5 Å². The van der Waals surface area contributed by atoms with E-state index in [4.69, 9.17) is 27.6 Å². The molecule has 0 saturated heterocycles. The van der Waals surface area contributed by atoms with Crippen LogP contribution in [0.4, 0.5) is 5.13 Å². The Bertz CT molecular complexity index is 1310. The molecule has 2 aromatic carbocycles. The van der Waals surface area contributed by atoms with Gasteiger partial charge in [-0.05, 0) is 48.5 Å². The Labute approximate surface area is 192 Å². The van der Waals surface area contributed by atoms with Gasteiger partial charge in [-0.1, -0.05) is 34.5 Å². The van der Waals surface area contributed by atoms with E-state index < -0.39 is 15.9 Å². The average molecular weight is 496 g/mol. The minimum atomic E-state index is -3.74. The molecule has 7 nitrogen and oxygen atoms in total. The van der Waals surface area contributed by atoms with Gasteiger partial charge in [0, 0.05) is 12.6 Å². The molecule has 0 unspecified atom stereocenters. The van der Waals surface area contributed by atoms with E-state index in [1.807, 2.05) is 0 Å². The number of nitrogens with zero attached hydrogens (tertiary/aromatic N) is 2. The number of fused-ring (bicyclic) bond motifs is 1. The first-order valence-electron chi connectivity index (χ1n) is 8.90. The summed E-state index contributed by atoms with van der Waals surface area (Å²) < 4.78 is 32.5. The summed E-state index contributed by atoms with van der Waals surface area (Å²) in [5.74, 6) is 0.0947. The number of furan rings is 1. The van der Waals surface area contributed by atoms with Crippen molar-refractivity contribution >= 4 is 65.8 Å². The number of sulfonamides is 1. The second-order valence-electron chi connectivity index (χ2n) is 6.54. The molecule has 0 bridgehead atoms. The number of benzene rings is 2. The third-order valence-corrected chi connectivity index (χ3v) is 8.00. The third-order valence-electron chi connectivity index (χ3n) is 4.45. The normalized spacial score (nSPS) is 11.9. The van der Waals surface area contributed by atoms with Gasteiger partial charge in [-0.3, -0.25) is 10.1 Å². The number of carbonyl (C=O) groups is 1. The van der Waals surface area contributed by atoms with Crippen LogP contribution in [0.3, 0.4) is 0 Å². The zero-order chi connectivity index (χ0) is 22.2. The van der Waals surface area contributed by atoms with Crippen LogP contribution >= 0.6 is 34.5 Å². The lowest BCUT2D eigenvalue weighted by atomic mass is 10.2. The van der Waals surface area contributed by atoms with E-state index in [1.54, 1.807) is 24.3 Å². The van der Waals surface area contributed by atoms with E-state index in [2.05, 4.69) is 10.3 Å². The first-order valence-corrected chi connectivity index (χ1v) is 11.9. The molecular formula is C20H15Cl2N3O4S2. The van der Waals surface area contributed by atoms with Crippen LogP contribution in [0.5, 0.6) is 0 Å². The first-order chi connectivity index (χ1) is 14.8. The van der Waals surface area contributed by atoms with Crippen molar-refractivity contribution in [1.29, 1.82) is 0 Å². The van der Waals surface area contributed by atoms with Gasteiger partial charge in [-0.15, -0.1) is 0 Å². The lowest BCUT2D eigenvalue weighted by molar-refractivity contribution is 0.102. The maximum Gasteiger partial charge on any atom is 0.257 e. The van der Waals surface area contributed by atoms with Crippen molar-refractivity contribution in [2.75, 3.05) is 12.4 Å². The summed E-state index contributed by atoms with van der Waals surface area (Å²) in [7, 11) is -2.28. The molecule has 1 amide bonds. The van der Waals surface area contributed by atoms with Crippen molar-refractivity contribution in [3.63, 3.8) is 0 Å². The highest BCUT2D eigenvalue weighted by Gasteiger charge is 2.22. The number of halogens is 2. The van der Waals surface area contributed by atoms with Gasteiger partial charge in [-0.25, -0.2) is 13.4 Å². The van der Waals surface area contributed by atoms with Crippen LogP contribution < -0.4 is 5.32 Å². The Balaban J connectivity index is 1.50. The van der Waals surface area contributed by atoms with Crippen LogP contribution in [0, 0.1) is 0 Å². The molecule has 0 aliphatic heterocycles. The Morgan fingerprint density at radius 1 is 1.13 bits per heavy atom. The summed E-state index contributed by atoms with van der Waals surface area (Å²) in [6, 6.07) is 12.3. The SMILES string of the molecule is CN(Cc1ccco1)S(=O)(=O)c1ccc(C(=O)Nc2nc3c(Cl)ccc(Cl)c3s2)cc1. The number of hydrogen-bond acceptors (Lipinski definition) is 6.